The van der Waals surface area contributed by atoms with E-state index in [0.717, 1.165) is 30.5 Å². The maximum atomic E-state index is 12.0. The molecule has 2 heterocycles. The molecule has 0 spiro atoms. The van der Waals surface area contributed by atoms with E-state index in [1.54, 1.807) is 0 Å². The molecule has 2 amide bonds. The summed E-state index contributed by atoms with van der Waals surface area (Å²) in [6.45, 7) is 2.18. The summed E-state index contributed by atoms with van der Waals surface area (Å²) in [5, 5.41) is 2.56. The number of nitrogens with zero attached hydrogens (tertiary/aromatic N) is 2. The van der Waals surface area contributed by atoms with Crippen LogP contribution >= 0.6 is 11.8 Å². The van der Waals surface area contributed by atoms with E-state index in [4.69, 9.17) is 5.73 Å². The van der Waals surface area contributed by atoms with Crippen molar-refractivity contribution in [2.24, 2.45) is 10.7 Å². The largest absolute Gasteiger partial charge is 0.378 e. The van der Waals surface area contributed by atoms with Gasteiger partial charge in [-0.3, -0.25) is 9.59 Å². The highest BCUT2D eigenvalue weighted by Gasteiger charge is 2.29. The highest BCUT2D eigenvalue weighted by Crippen LogP contribution is 2.24. The fourth-order valence-corrected chi connectivity index (χ4v) is 3.64. The fraction of sp³-hybridized carbons (Fsp3) is 0.438. The van der Waals surface area contributed by atoms with Crippen LogP contribution in [-0.2, 0) is 9.59 Å². The first kappa shape index (κ1) is 15.9. The molecule has 1 fully saturated rings. The molecular formula is C16H20N4O2S. The van der Waals surface area contributed by atoms with Gasteiger partial charge in [-0.15, -0.1) is 0 Å². The Morgan fingerprint density at radius 3 is 2.57 bits per heavy atom. The van der Waals surface area contributed by atoms with Crippen LogP contribution in [0.15, 0.2) is 29.3 Å². The number of amidine groups is 1. The summed E-state index contributed by atoms with van der Waals surface area (Å²) in [5.41, 5.74) is 7.41. The number of anilines is 2. The van der Waals surface area contributed by atoms with Gasteiger partial charge in [-0.25, -0.2) is 0 Å². The molecule has 23 heavy (non-hydrogen) atoms. The van der Waals surface area contributed by atoms with Crippen molar-refractivity contribution in [1.29, 1.82) is 0 Å². The molecule has 2 aliphatic rings. The average molecular weight is 332 g/mol. The van der Waals surface area contributed by atoms with Gasteiger partial charge in [0.2, 0.25) is 5.91 Å². The minimum Gasteiger partial charge on any atom is -0.378 e. The predicted molar refractivity (Wildman–Crippen MR) is 93.8 cm³/mol. The molecule has 0 bridgehead atoms. The minimum absolute atomic E-state index is 0.0849. The second-order valence-corrected chi connectivity index (χ2v) is 6.96. The third-order valence-electron chi connectivity index (χ3n) is 4.00. The molecule has 7 heteroatoms. The molecule has 0 aromatic heterocycles. The summed E-state index contributed by atoms with van der Waals surface area (Å²) in [5.74, 6) is -0.533. The van der Waals surface area contributed by atoms with Crippen LogP contribution in [0.4, 0.5) is 11.4 Å². The van der Waals surface area contributed by atoms with Crippen LogP contribution in [0.25, 0.3) is 0 Å². The highest BCUT2D eigenvalue weighted by atomic mass is 32.2. The van der Waals surface area contributed by atoms with E-state index in [1.165, 1.54) is 24.9 Å². The van der Waals surface area contributed by atoms with Gasteiger partial charge in [0.05, 0.1) is 0 Å². The smallest absolute Gasteiger partial charge is 0.262 e. The van der Waals surface area contributed by atoms with Gasteiger partial charge in [0.15, 0.2) is 5.17 Å². The van der Waals surface area contributed by atoms with Crippen LogP contribution in [0.2, 0.25) is 0 Å². The van der Waals surface area contributed by atoms with Gasteiger partial charge in [0.25, 0.3) is 5.91 Å². The summed E-state index contributed by atoms with van der Waals surface area (Å²) < 4.78 is 0. The van der Waals surface area contributed by atoms with Crippen molar-refractivity contribution in [3.05, 3.63) is 24.3 Å². The van der Waals surface area contributed by atoms with Gasteiger partial charge in [0.1, 0.15) is 5.25 Å². The van der Waals surface area contributed by atoms with E-state index in [-0.39, 0.29) is 23.4 Å². The number of amides is 2. The van der Waals surface area contributed by atoms with E-state index in [9.17, 15) is 9.59 Å². The first-order chi connectivity index (χ1) is 11.1. The number of aliphatic imine (C=N–C) groups is 1. The SMILES string of the molecule is NC1=NC(=O)[C@@H](CC(=O)Nc2ccc(N3CCCCC3)cc2)S1. The molecular weight excluding hydrogens is 312 g/mol. The number of hydrogen-bond acceptors (Lipinski definition) is 5. The Balaban J connectivity index is 1.53. The molecule has 1 aromatic carbocycles. The van der Waals surface area contributed by atoms with E-state index in [1.807, 2.05) is 24.3 Å². The lowest BCUT2D eigenvalue weighted by molar-refractivity contribution is -0.121. The lowest BCUT2D eigenvalue weighted by atomic mass is 10.1. The molecule has 1 atom stereocenters. The third-order valence-corrected chi connectivity index (χ3v) is 4.99. The first-order valence-corrected chi connectivity index (χ1v) is 8.69. The molecule has 0 unspecified atom stereocenters. The van der Waals surface area contributed by atoms with Crippen LogP contribution in [0, 0.1) is 0 Å². The standard InChI is InChI=1S/C16H20N4O2S/c17-16-19-15(22)13(23-16)10-14(21)18-11-4-6-12(7-5-11)20-8-2-1-3-9-20/h4-7,13H,1-3,8-10H2,(H,18,21)(H2,17,19,22)/t13-/m1/s1. The number of nitrogens with one attached hydrogen (secondary N) is 1. The van der Waals surface area contributed by atoms with Crippen molar-refractivity contribution in [2.45, 2.75) is 30.9 Å². The molecule has 3 rings (SSSR count). The zero-order valence-corrected chi connectivity index (χ0v) is 13.6. The Labute approximate surface area is 139 Å². The molecule has 6 nitrogen and oxygen atoms in total. The minimum atomic E-state index is -0.498. The van der Waals surface area contributed by atoms with Crippen molar-refractivity contribution < 1.29 is 9.59 Å². The summed E-state index contributed by atoms with van der Waals surface area (Å²) in [4.78, 5) is 29.5. The normalized spacial score (nSPS) is 21.2. The van der Waals surface area contributed by atoms with E-state index >= 15 is 0 Å². The summed E-state index contributed by atoms with van der Waals surface area (Å²) in [6.07, 6.45) is 3.85. The van der Waals surface area contributed by atoms with E-state index in [0.29, 0.717) is 0 Å². The Morgan fingerprint density at radius 1 is 1.26 bits per heavy atom. The lowest BCUT2D eigenvalue weighted by Crippen LogP contribution is -2.29. The van der Waals surface area contributed by atoms with Gasteiger partial charge in [0, 0.05) is 30.9 Å². The average Bonchev–Trinajstić information content (AvgIpc) is 2.86. The van der Waals surface area contributed by atoms with Crippen molar-refractivity contribution >= 4 is 40.1 Å². The molecule has 2 aliphatic heterocycles. The number of nitrogens with two attached hydrogens (primary N) is 1. The van der Waals surface area contributed by atoms with Gasteiger partial charge < -0.3 is 16.0 Å². The number of carbonyl (C=O) groups excluding carboxylic acids is 2. The van der Waals surface area contributed by atoms with Crippen molar-refractivity contribution in [3.8, 4) is 0 Å². The van der Waals surface area contributed by atoms with E-state index in [2.05, 4.69) is 15.2 Å². The molecule has 3 N–H and O–H groups in total. The van der Waals surface area contributed by atoms with Gasteiger partial charge in [-0.05, 0) is 43.5 Å². The van der Waals surface area contributed by atoms with Crippen LogP contribution < -0.4 is 16.0 Å². The van der Waals surface area contributed by atoms with Gasteiger partial charge >= 0.3 is 0 Å². The highest BCUT2D eigenvalue weighted by molar-refractivity contribution is 8.15. The molecule has 1 saturated heterocycles. The summed E-state index contributed by atoms with van der Waals surface area (Å²) in [6, 6.07) is 7.85. The predicted octanol–water partition coefficient (Wildman–Crippen LogP) is 1.96. The molecule has 122 valence electrons. The molecule has 1 aromatic rings. The molecule has 0 radical (unpaired) electrons. The summed E-state index contributed by atoms with van der Waals surface area (Å²) in [7, 11) is 0. The second kappa shape index (κ2) is 7.04. The zero-order valence-electron chi connectivity index (χ0n) is 12.8. The molecule has 0 saturated carbocycles. The van der Waals surface area contributed by atoms with E-state index < -0.39 is 5.25 Å². The fourth-order valence-electron chi connectivity index (χ4n) is 2.82. The van der Waals surface area contributed by atoms with Gasteiger partial charge in [-0.2, -0.15) is 4.99 Å². The Bertz CT molecular complexity index is 623. The monoisotopic (exact) mass is 332 g/mol. The maximum Gasteiger partial charge on any atom is 0.262 e. The second-order valence-electron chi connectivity index (χ2n) is 5.74. The quantitative estimate of drug-likeness (QED) is 0.880. The summed E-state index contributed by atoms with van der Waals surface area (Å²) >= 11 is 1.14. The van der Waals surface area contributed by atoms with Crippen LogP contribution in [0.5, 0.6) is 0 Å². The van der Waals surface area contributed by atoms with Gasteiger partial charge in [-0.1, -0.05) is 11.8 Å². The Morgan fingerprint density at radius 2 is 1.96 bits per heavy atom. The van der Waals surface area contributed by atoms with Crippen molar-refractivity contribution in [1.82, 2.24) is 0 Å². The number of hydrogen-bond donors (Lipinski definition) is 2. The van der Waals surface area contributed by atoms with Crippen LogP contribution in [0.3, 0.4) is 0 Å². The Kier molecular flexibility index (Phi) is 4.85. The first-order valence-electron chi connectivity index (χ1n) is 7.81. The number of benzene rings is 1. The number of piperidine rings is 1. The number of rotatable bonds is 4. The van der Waals surface area contributed by atoms with Crippen LogP contribution in [0.1, 0.15) is 25.7 Å². The topological polar surface area (TPSA) is 87.8 Å². The third kappa shape index (κ3) is 4.04. The Hall–Kier alpha value is -2.02. The lowest BCUT2D eigenvalue weighted by Gasteiger charge is -2.28. The zero-order chi connectivity index (χ0) is 16.2. The molecule has 0 aliphatic carbocycles. The maximum absolute atomic E-state index is 12.0. The van der Waals surface area contributed by atoms with Crippen LogP contribution in [-0.4, -0.2) is 35.3 Å². The van der Waals surface area contributed by atoms with Crippen molar-refractivity contribution in [2.75, 3.05) is 23.3 Å². The van der Waals surface area contributed by atoms with Crippen molar-refractivity contribution in [3.63, 3.8) is 0 Å². The number of carbonyl (C=O) groups is 2. The number of thioether (sulfide) groups is 1.